The molecule has 0 saturated carbocycles. The number of alkyl halides is 3. The minimum Gasteiger partial charge on any atom is -0.279 e. The van der Waals surface area contributed by atoms with Crippen LogP contribution in [0.3, 0.4) is 0 Å². The molecule has 0 fully saturated rings. The molecule has 0 aromatic heterocycles. The van der Waals surface area contributed by atoms with Crippen LogP contribution in [-0.4, -0.2) is 13.3 Å². The molecule has 0 aliphatic heterocycles. The molecule has 0 amide bonds. The Morgan fingerprint density at radius 2 is 1.76 bits per heavy atom. The third-order valence-electron chi connectivity index (χ3n) is 2.94. The molecule has 0 spiro atoms. The number of benzene rings is 2. The zero-order valence-electron chi connectivity index (χ0n) is 11.8. The predicted molar refractivity (Wildman–Crippen MR) is 80.3 cm³/mol. The second kappa shape index (κ2) is 6.48. The summed E-state index contributed by atoms with van der Waals surface area (Å²) in [4.78, 5) is 8.70. The Hall–Kier alpha value is -2.40. The molecule has 0 atom stereocenters. The monoisotopic (exact) mass is 398 g/mol. The van der Waals surface area contributed by atoms with Crippen LogP contribution < -0.4 is 4.72 Å². The summed E-state index contributed by atoms with van der Waals surface area (Å²) in [7, 11) is -4.61. The molecule has 25 heavy (non-hydrogen) atoms. The van der Waals surface area contributed by atoms with Crippen LogP contribution in [0.4, 0.5) is 28.9 Å². The summed E-state index contributed by atoms with van der Waals surface area (Å²) in [5, 5.41) is 10.2. The Balaban J connectivity index is 2.47. The fourth-order valence-corrected chi connectivity index (χ4v) is 3.39. The standard InChI is InChI=1S/C13H7ClF4N2O4S/c14-9-3-1-7(13(16,17)18)5-12(9)25(23,24)19-8-2-4-10(15)11(6-8)20(21)22/h1-6,19H. The van der Waals surface area contributed by atoms with E-state index in [4.69, 9.17) is 11.6 Å². The van der Waals surface area contributed by atoms with Gasteiger partial charge in [-0.05, 0) is 30.3 Å². The highest BCUT2D eigenvalue weighted by atomic mass is 35.5. The summed E-state index contributed by atoms with van der Waals surface area (Å²) in [5.74, 6) is -1.20. The summed E-state index contributed by atoms with van der Waals surface area (Å²) >= 11 is 5.65. The molecular weight excluding hydrogens is 392 g/mol. The number of sulfonamides is 1. The molecule has 1 N–H and O–H groups in total. The molecule has 0 saturated heterocycles. The van der Waals surface area contributed by atoms with Gasteiger partial charge in [-0.3, -0.25) is 14.8 Å². The van der Waals surface area contributed by atoms with E-state index in [1.807, 2.05) is 4.72 Å². The fraction of sp³-hybridized carbons (Fsp3) is 0.0769. The Morgan fingerprint density at radius 3 is 2.32 bits per heavy atom. The molecule has 134 valence electrons. The van der Waals surface area contributed by atoms with Crippen molar-refractivity contribution in [1.82, 2.24) is 0 Å². The van der Waals surface area contributed by atoms with Crippen molar-refractivity contribution in [3.63, 3.8) is 0 Å². The summed E-state index contributed by atoms with van der Waals surface area (Å²) in [6.45, 7) is 0. The van der Waals surface area contributed by atoms with Gasteiger partial charge in [-0.2, -0.15) is 17.6 Å². The van der Waals surface area contributed by atoms with Gasteiger partial charge in [-0.15, -0.1) is 0 Å². The zero-order valence-corrected chi connectivity index (χ0v) is 13.4. The van der Waals surface area contributed by atoms with E-state index in [1.165, 1.54) is 0 Å². The van der Waals surface area contributed by atoms with E-state index >= 15 is 0 Å². The maximum Gasteiger partial charge on any atom is 0.416 e. The lowest BCUT2D eigenvalue weighted by molar-refractivity contribution is -0.387. The molecular formula is C13H7ClF4N2O4S. The number of nitrogens with zero attached hydrogens (tertiary/aromatic N) is 1. The van der Waals surface area contributed by atoms with Crippen molar-refractivity contribution in [2.24, 2.45) is 0 Å². The zero-order chi connectivity index (χ0) is 19.0. The quantitative estimate of drug-likeness (QED) is 0.474. The Kier molecular flexibility index (Phi) is 4.91. The molecule has 0 aliphatic carbocycles. The molecule has 12 heteroatoms. The third kappa shape index (κ3) is 4.17. The number of nitro groups is 1. The molecule has 2 aromatic carbocycles. The second-order valence-electron chi connectivity index (χ2n) is 4.67. The molecule has 0 aliphatic rings. The first-order valence-electron chi connectivity index (χ1n) is 6.25. The Bertz CT molecular complexity index is 948. The number of nitrogens with one attached hydrogen (secondary N) is 1. The van der Waals surface area contributed by atoms with Crippen molar-refractivity contribution in [3.8, 4) is 0 Å². The lowest BCUT2D eigenvalue weighted by Gasteiger charge is -2.12. The van der Waals surface area contributed by atoms with Crippen molar-refractivity contribution < 1.29 is 30.9 Å². The summed E-state index contributed by atoms with van der Waals surface area (Å²) in [6, 6.07) is 3.79. The van der Waals surface area contributed by atoms with Gasteiger partial charge in [0.05, 0.1) is 21.2 Å². The largest absolute Gasteiger partial charge is 0.416 e. The molecule has 0 radical (unpaired) electrons. The lowest BCUT2D eigenvalue weighted by atomic mass is 10.2. The van der Waals surface area contributed by atoms with Crippen LogP contribution in [0.1, 0.15) is 5.56 Å². The smallest absolute Gasteiger partial charge is 0.279 e. The topological polar surface area (TPSA) is 89.3 Å². The second-order valence-corrected chi connectivity index (χ2v) is 6.73. The highest BCUT2D eigenvalue weighted by Gasteiger charge is 2.33. The first-order valence-corrected chi connectivity index (χ1v) is 8.11. The molecule has 2 rings (SSSR count). The highest BCUT2D eigenvalue weighted by Crippen LogP contribution is 2.34. The van der Waals surface area contributed by atoms with E-state index in [2.05, 4.69) is 0 Å². The van der Waals surface area contributed by atoms with Gasteiger partial charge < -0.3 is 0 Å². The van der Waals surface area contributed by atoms with Gasteiger partial charge in [0.1, 0.15) is 4.90 Å². The first kappa shape index (κ1) is 18.9. The minimum absolute atomic E-state index is 0.322. The maximum atomic E-state index is 13.3. The highest BCUT2D eigenvalue weighted by molar-refractivity contribution is 7.92. The van der Waals surface area contributed by atoms with Gasteiger partial charge >= 0.3 is 11.9 Å². The molecule has 2 aromatic rings. The van der Waals surface area contributed by atoms with Crippen LogP contribution >= 0.6 is 11.6 Å². The number of hydrogen-bond donors (Lipinski definition) is 1. The van der Waals surface area contributed by atoms with E-state index in [1.54, 1.807) is 0 Å². The van der Waals surface area contributed by atoms with Crippen molar-refractivity contribution in [3.05, 3.63) is 62.9 Å². The molecule has 0 unspecified atom stereocenters. The van der Waals surface area contributed by atoms with Crippen molar-refractivity contribution in [2.75, 3.05) is 4.72 Å². The third-order valence-corrected chi connectivity index (χ3v) is 4.81. The predicted octanol–water partition coefficient (Wildman–Crippen LogP) is 4.21. The fourth-order valence-electron chi connectivity index (χ4n) is 1.81. The normalized spacial score (nSPS) is 12.0. The summed E-state index contributed by atoms with van der Waals surface area (Å²) < 4.78 is 77.7. The van der Waals surface area contributed by atoms with Crippen LogP contribution in [0.15, 0.2) is 41.3 Å². The Labute approximate surface area is 143 Å². The van der Waals surface area contributed by atoms with Gasteiger partial charge in [0, 0.05) is 6.07 Å². The number of rotatable bonds is 4. The first-order chi connectivity index (χ1) is 11.4. The molecule has 6 nitrogen and oxygen atoms in total. The van der Waals surface area contributed by atoms with Crippen LogP contribution in [0.5, 0.6) is 0 Å². The van der Waals surface area contributed by atoms with Crippen LogP contribution in [0.25, 0.3) is 0 Å². The van der Waals surface area contributed by atoms with Gasteiger partial charge in [0.25, 0.3) is 10.0 Å². The van der Waals surface area contributed by atoms with Crippen molar-refractivity contribution in [2.45, 2.75) is 11.1 Å². The minimum atomic E-state index is -4.80. The summed E-state index contributed by atoms with van der Waals surface area (Å²) in [5.41, 5.74) is -2.67. The number of halogens is 5. The Morgan fingerprint density at radius 1 is 1.12 bits per heavy atom. The van der Waals surface area contributed by atoms with Gasteiger partial charge in [-0.25, -0.2) is 8.42 Å². The maximum absolute atomic E-state index is 13.3. The van der Waals surface area contributed by atoms with E-state index in [9.17, 15) is 36.1 Å². The van der Waals surface area contributed by atoms with Crippen molar-refractivity contribution >= 4 is 33.0 Å². The lowest BCUT2D eigenvalue weighted by Crippen LogP contribution is -2.15. The van der Waals surface area contributed by atoms with Crippen LogP contribution in [0, 0.1) is 15.9 Å². The van der Waals surface area contributed by atoms with Crippen LogP contribution in [-0.2, 0) is 16.2 Å². The van der Waals surface area contributed by atoms with E-state index in [0.717, 1.165) is 12.1 Å². The SMILES string of the molecule is O=[N+]([O-])c1cc(NS(=O)(=O)c2cc(C(F)(F)F)ccc2Cl)ccc1F. The number of hydrogen-bond acceptors (Lipinski definition) is 4. The molecule has 0 bridgehead atoms. The average Bonchev–Trinajstić information content (AvgIpc) is 2.47. The number of nitro benzene ring substituents is 1. The number of anilines is 1. The molecule has 0 heterocycles. The van der Waals surface area contributed by atoms with Crippen LogP contribution in [0.2, 0.25) is 5.02 Å². The van der Waals surface area contributed by atoms with Gasteiger partial charge in [-0.1, -0.05) is 11.6 Å². The summed E-state index contributed by atoms with van der Waals surface area (Å²) in [6.07, 6.45) is -4.80. The average molecular weight is 399 g/mol. The van der Waals surface area contributed by atoms with E-state index in [0.29, 0.717) is 24.3 Å². The van der Waals surface area contributed by atoms with Gasteiger partial charge in [0.2, 0.25) is 5.82 Å². The van der Waals surface area contributed by atoms with Gasteiger partial charge in [0.15, 0.2) is 0 Å². The van der Waals surface area contributed by atoms with E-state index < -0.39 is 53.8 Å². The van der Waals surface area contributed by atoms with Crippen molar-refractivity contribution in [1.29, 1.82) is 0 Å². The van der Waals surface area contributed by atoms with E-state index in [-0.39, 0.29) is 0 Å².